The summed E-state index contributed by atoms with van der Waals surface area (Å²) < 4.78 is 0. The van der Waals surface area contributed by atoms with Gasteiger partial charge in [0.1, 0.15) is 5.52 Å². The van der Waals surface area contributed by atoms with Crippen molar-refractivity contribution in [3.63, 3.8) is 0 Å². The normalized spacial score (nSPS) is 14.7. The molecule has 4 rings (SSSR count). The second-order valence-corrected chi connectivity index (χ2v) is 5.04. The molecule has 0 bridgehead atoms. The van der Waals surface area contributed by atoms with Crippen molar-refractivity contribution < 1.29 is 0 Å². The van der Waals surface area contributed by atoms with E-state index < -0.39 is 0 Å². The van der Waals surface area contributed by atoms with Crippen LogP contribution in [0.15, 0.2) is 24.3 Å². The van der Waals surface area contributed by atoms with Crippen LogP contribution in [0.1, 0.15) is 24.1 Å². The fraction of sp³-hybridized carbons (Fsp3) is 0.267. The van der Waals surface area contributed by atoms with Crippen LogP contribution in [0.4, 0.5) is 5.69 Å². The van der Waals surface area contributed by atoms with Crippen LogP contribution in [-0.2, 0) is 12.8 Å². The number of hydrogen-bond donors (Lipinski definition) is 1. The van der Waals surface area contributed by atoms with Crippen molar-refractivity contribution in [2.45, 2.75) is 25.7 Å². The molecule has 3 aromatic rings. The highest BCUT2D eigenvalue weighted by atomic mass is 14.9. The third-order valence-corrected chi connectivity index (χ3v) is 3.81. The van der Waals surface area contributed by atoms with E-state index >= 15 is 0 Å². The van der Waals surface area contributed by atoms with Crippen LogP contribution < -0.4 is 5.73 Å². The Morgan fingerprint density at radius 1 is 0.895 bits per heavy atom. The second-order valence-electron chi connectivity index (χ2n) is 5.04. The first kappa shape index (κ1) is 10.7. The molecule has 0 radical (unpaired) electrons. The van der Waals surface area contributed by atoms with Gasteiger partial charge >= 0.3 is 0 Å². The van der Waals surface area contributed by atoms with Gasteiger partial charge in [0, 0.05) is 5.69 Å². The number of para-hydroxylation sites is 2. The maximum atomic E-state index is 6.29. The maximum absolute atomic E-state index is 6.29. The van der Waals surface area contributed by atoms with Gasteiger partial charge in [-0.1, -0.05) is 12.1 Å². The van der Waals surface area contributed by atoms with Crippen molar-refractivity contribution in [1.82, 2.24) is 15.0 Å². The van der Waals surface area contributed by atoms with Gasteiger partial charge in [0.05, 0.1) is 16.7 Å². The Balaban J connectivity index is 2.12. The molecule has 1 aromatic carbocycles. The van der Waals surface area contributed by atoms with Crippen LogP contribution in [0.25, 0.3) is 22.2 Å². The van der Waals surface area contributed by atoms with Crippen LogP contribution >= 0.6 is 0 Å². The number of nitrogen functional groups attached to an aromatic ring is 1. The van der Waals surface area contributed by atoms with E-state index in [1.807, 2.05) is 24.3 Å². The first-order valence-corrected chi connectivity index (χ1v) is 6.66. The number of pyridine rings is 1. The molecule has 0 unspecified atom stereocenters. The van der Waals surface area contributed by atoms with E-state index in [0.717, 1.165) is 40.8 Å². The third kappa shape index (κ3) is 1.56. The zero-order valence-corrected chi connectivity index (χ0v) is 10.6. The highest BCUT2D eigenvalue weighted by molar-refractivity contribution is 5.92. The molecule has 0 saturated heterocycles. The van der Waals surface area contributed by atoms with Crippen molar-refractivity contribution in [3.05, 3.63) is 35.5 Å². The number of anilines is 1. The lowest BCUT2D eigenvalue weighted by molar-refractivity contribution is 0.672. The molecule has 94 valence electrons. The summed E-state index contributed by atoms with van der Waals surface area (Å²) in [4.78, 5) is 13.9. The van der Waals surface area contributed by atoms with E-state index in [2.05, 4.69) is 15.0 Å². The van der Waals surface area contributed by atoms with Crippen molar-refractivity contribution in [2.24, 2.45) is 0 Å². The standard InChI is InChI=1S/C15H14N4/c16-13-9-5-1-2-6-10(9)18-15-14(13)17-11-7-3-4-8-12(11)19-15/h3-4,7-8H,1-2,5-6H2,(H2,16,18,19). The summed E-state index contributed by atoms with van der Waals surface area (Å²) >= 11 is 0. The van der Waals surface area contributed by atoms with Crippen LogP contribution in [0.5, 0.6) is 0 Å². The van der Waals surface area contributed by atoms with Crippen molar-refractivity contribution in [3.8, 4) is 0 Å². The Hall–Kier alpha value is -2.23. The molecule has 1 aliphatic rings. The van der Waals surface area contributed by atoms with Crippen molar-refractivity contribution in [2.75, 3.05) is 5.73 Å². The van der Waals surface area contributed by atoms with Gasteiger partial charge in [0.25, 0.3) is 0 Å². The van der Waals surface area contributed by atoms with E-state index in [9.17, 15) is 0 Å². The van der Waals surface area contributed by atoms with Gasteiger partial charge < -0.3 is 5.73 Å². The summed E-state index contributed by atoms with van der Waals surface area (Å²) in [5.74, 6) is 0. The van der Waals surface area contributed by atoms with Gasteiger partial charge in [-0.15, -0.1) is 0 Å². The Morgan fingerprint density at radius 2 is 1.63 bits per heavy atom. The average molecular weight is 250 g/mol. The minimum absolute atomic E-state index is 0.678. The number of hydrogen-bond acceptors (Lipinski definition) is 4. The highest BCUT2D eigenvalue weighted by Crippen LogP contribution is 2.30. The molecule has 0 atom stereocenters. The Labute approximate surface area is 110 Å². The van der Waals surface area contributed by atoms with Crippen LogP contribution in [-0.4, -0.2) is 15.0 Å². The lowest BCUT2D eigenvalue weighted by atomic mass is 9.94. The molecule has 0 spiro atoms. The summed E-state index contributed by atoms with van der Waals surface area (Å²) in [7, 11) is 0. The number of nitrogens with zero attached hydrogens (tertiary/aromatic N) is 3. The summed E-state index contributed by atoms with van der Waals surface area (Å²) in [6.07, 6.45) is 4.39. The Bertz CT molecular complexity index is 795. The van der Waals surface area contributed by atoms with Gasteiger partial charge in [-0.2, -0.15) is 0 Å². The van der Waals surface area contributed by atoms with Crippen LogP contribution in [0.2, 0.25) is 0 Å². The quantitative estimate of drug-likeness (QED) is 0.623. The molecule has 0 amide bonds. The molecule has 2 aromatic heterocycles. The number of aromatic nitrogens is 3. The fourth-order valence-corrected chi connectivity index (χ4v) is 2.82. The molecule has 19 heavy (non-hydrogen) atoms. The molecule has 0 saturated carbocycles. The molecular weight excluding hydrogens is 236 g/mol. The summed E-state index contributed by atoms with van der Waals surface area (Å²) in [6.45, 7) is 0. The Morgan fingerprint density at radius 3 is 2.47 bits per heavy atom. The van der Waals surface area contributed by atoms with Crippen LogP contribution in [0, 0.1) is 0 Å². The lowest BCUT2D eigenvalue weighted by Gasteiger charge is -2.17. The number of aryl methyl sites for hydroxylation is 1. The predicted molar refractivity (Wildman–Crippen MR) is 75.9 cm³/mol. The summed E-state index contributed by atoms with van der Waals surface area (Å²) in [5.41, 5.74) is 12.5. The largest absolute Gasteiger partial charge is 0.397 e. The zero-order valence-electron chi connectivity index (χ0n) is 10.6. The average Bonchev–Trinajstić information content (AvgIpc) is 2.46. The van der Waals surface area contributed by atoms with E-state index in [0.29, 0.717) is 5.65 Å². The van der Waals surface area contributed by atoms with Crippen molar-refractivity contribution in [1.29, 1.82) is 0 Å². The fourth-order valence-electron chi connectivity index (χ4n) is 2.82. The minimum Gasteiger partial charge on any atom is -0.397 e. The van der Waals surface area contributed by atoms with Gasteiger partial charge in [0.15, 0.2) is 5.65 Å². The minimum atomic E-state index is 0.678. The topological polar surface area (TPSA) is 64.7 Å². The predicted octanol–water partition coefficient (Wildman–Crippen LogP) is 2.64. The maximum Gasteiger partial charge on any atom is 0.181 e. The molecular formula is C15H14N4. The van der Waals surface area contributed by atoms with E-state index in [-0.39, 0.29) is 0 Å². The molecule has 4 heteroatoms. The molecule has 2 heterocycles. The molecule has 0 aliphatic heterocycles. The van der Waals surface area contributed by atoms with Crippen molar-refractivity contribution >= 4 is 27.9 Å². The zero-order chi connectivity index (χ0) is 12.8. The van der Waals surface area contributed by atoms with E-state index in [1.165, 1.54) is 18.4 Å². The SMILES string of the molecule is Nc1c2c(nc3nc4ccccc4nc13)CCCC2. The Kier molecular flexibility index (Phi) is 2.18. The second kappa shape index (κ2) is 3.88. The number of rotatable bonds is 0. The van der Waals surface area contributed by atoms with E-state index in [1.54, 1.807) is 0 Å². The molecule has 0 fully saturated rings. The molecule has 4 nitrogen and oxygen atoms in total. The lowest BCUT2D eigenvalue weighted by Crippen LogP contribution is -2.10. The van der Waals surface area contributed by atoms with Crippen LogP contribution in [0.3, 0.4) is 0 Å². The summed E-state index contributed by atoms with van der Waals surface area (Å²) in [5, 5.41) is 0. The van der Waals surface area contributed by atoms with Gasteiger partial charge in [-0.05, 0) is 43.4 Å². The molecule has 1 aliphatic carbocycles. The van der Waals surface area contributed by atoms with Gasteiger partial charge in [-0.25, -0.2) is 15.0 Å². The summed E-state index contributed by atoms with van der Waals surface area (Å²) in [6, 6.07) is 7.84. The van der Waals surface area contributed by atoms with Gasteiger partial charge in [0.2, 0.25) is 0 Å². The van der Waals surface area contributed by atoms with Gasteiger partial charge in [-0.3, -0.25) is 0 Å². The first-order valence-electron chi connectivity index (χ1n) is 6.66. The monoisotopic (exact) mass is 250 g/mol. The number of fused-ring (bicyclic) bond motifs is 3. The third-order valence-electron chi connectivity index (χ3n) is 3.81. The number of benzene rings is 1. The first-order chi connectivity index (χ1) is 9.33. The number of nitrogens with two attached hydrogens (primary N) is 1. The highest BCUT2D eigenvalue weighted by Gasteiger charge is 2.18. The molecule has 2 N–H and O–H groups in total. The smallest absolute Gasteiger partial charge is 0.181 e. The van der Waals surface area contributed by atoms with E-state index in [4.69, 9.17) is 5.73 Å².